The van der Waals surface area contributed by atoms with Crippen LogP contribution in [-0.4, -0.2) is 21.3 Å². The van der Waals surface area contributed by atoms with Crippen LogP contribution in [0.15, 0.2) is 30.3 Å². The molecule has 116 valence electrons. The minimum Gasteiger partial charge on any atom is -0.495 e. The summed E-state index contributed by atoms with van der Waals surface area (Å²) in [4.78, 5) is 0. The minimum atomic E-state index is 0.619. The van der Waals surface area contributed by atoms with Crippen LogP contribution in [-0.2, 0) is 0 Å². The zero-order valence-corrected chi connectivity index (χ0v) is 13.3. The van der Waals surface area contributed by atoms with Crippen molar-refractivity contribution < 1.29 is 14.2 Å². The fourth-order valence-electron chi connectivity index (χ4n) is 2.33. The Morgan fingerprint density at radius 2 is 1.50 bits per heavy atom. The first-order valence-electron chi connectivity index (χ1n) is 6.93. The Morgan fingerprint density at radius 1 is 0.818 bits per heavy atom. The van der Waals surface area contributed by atoms with Crippen LogP contribution < -0.4 is 19.9 Å². The molecule has 0 saturated heterocycles. The average Bonchev–Trinajstić information content (AvgIpc) is 2.52. The zero-order chi connectivity index (χ0) is 16.1. The van der Waals surface area contributed by atoms with Gasteiger partial charge in [0, 0.05) is 0 Å². The summed E-state index contributed by atoms with van der Waals surface area (Å²) in [5.41, 5.74) is 9.59. The largest absolute Gasteiger partial charge is 0.495 e. The Labute approximate surface area is 131 Å². The Morgan fingerprint density at radius 3 is 2.09 bits per heavy atom. The molecule has 0 heterocycles. The van der Waals surface area contributed by atoms with Crippen LogP contribution in [0.25, 0.3) is 12.2 Å². The van der Waals surface area contributed by atoms with E-state index < -0.39 is 0 Å². The lowest BCUT2D eigenvalue weighted by Gasteiger charge is -2.11. The van der Waals surface area contributed by atoms with E-state index in [2.05, 4.69) is 0 Å². The Balaban J connectivity index is 2.30. The molecule has 0 aliphatic carbocycles. The Kier molecular flexibility index (Phi) is 4.94. The standard InChI is InChI=1S/C18H21NO3/c1-12-9-14(11-17(21-3)18(12)22-4)6-5-13-7-8-16(20-2)15(19)10-13/h5-11H,19H2,1-4H3/b6-5-. The van der Waals surface area contributed by atoms with E-state index in [1.165, 1.54) is 0 Å². The summed E-state index contributed by atoms with van der Waals surface area (Å²) in [6.07, 6.45) is 4.01. The van der Waals surface area contributed by atoms with E-state index >= 15 is 0 Å². The fraction of sp³-hybridized carbons (Fsp3) is 0.222. The van der Waals surface area contributed by atoms with E-state index in [9.17, 15) is 0 Å². The number of nitrogen functional groups attached to an aromatic ring is 1. The molecule has 0 atom stereocenters. The van der Waals surface area contributed by atoms with Crippen LogP contribution in [0.3, 0.4) is 0 Å². The third kappa shape index (κ3) is 3.34. The van der Waals surface area contributed by atoms with Gasteiger partial charge in [-0.05, 0) is 47.9 Å². The molecule has 4 heteroatoms. The van der Waals surface area contributed by atoms with Crippen molar-refractivity contribution in [3.8, 4) is 17.2 Å². The van der Waals surface area contributed by atoms with Gasteiger partial charge in [0.1, 0.15) is 5.75 Å². The van der Waals surface area contributed by atoms with Gasteiger partial charge in [-0.15, -0.1) is 0 Å². The highest BCUT2D eigenvalue weighted by atomic mass is 16.5. The molecular formula is C18H21NO3. The molecule has 0 unspecified atom stereocenters. The number of nitrogens with two attached hydrogens (primary N) is 1. The quantitative estimate of drug-likeness (QED) is 0.674. The molecule has 2 aromatic carbocycles. The fourth-order valence-corrected chi connectivity index (χ4v) is 2.33. The third-order valence-electron chi connectivity index (χ3n) is 3.41. The molecule has 4 nitrogen and oxygen atoms in total. The summed E-state index contributed by atoms with van der Waals surface area (Å²) < 4.78 is 15.9. The minimum absolute atomic E-state index is 0.619. The molecule has 0 aromatic heterocycles. The summed E-state index contributed by atoms with van der Waals surface area (Å²) in [6, 6.07) is 9.68. The van der Waals surface area contributed by atoms with Crippen molar-refractivity contribution in [2.45, 2.75) is 6.92 Å². The third-order valence-corrected chi connectivity index (χ3v) is 3.41. The van der Waals surface area contributed by atoms with E-state index in [1.54, 1.807) is 21.3 Å². The van der Waals surface area contributed by atoms with Crippen LogP contribution in [0.4, 0.5) is 5.69 Å². The van der Waals surface area contributed by atoms with E-state index in [0.29, 0.717) is 11.4 Å². The highest BCUT2D eigenvalue weighted by Crippen LogP contribution is 2.32. The topological polar surface area (TPSA) is 53.7 Å². The van der Waals surface area contributed by atoms with Crippen LogP contribution >= 0.6 is 0 Å². The first kappa shape index (κ1) is 15.8. The monoisotopic (exact) mass is 299 g/mol. The molecule has 2 rings (SSSR count). The van der Waals surface area contributed by atoms with Gasteiger partial charge in [0.15, 0.2) is 11.5 Å². The number of ether oxygens (including phenoxy) is 3. The van der Waals surface area contributed by atoms with E-state index in [0.717, 1.165) is 28.2 Å². The van der Waals surface area contributed by atoms with Crippen LogP contribution in [0.1, 0.15) is 16.7 Å². The molecule has 0 aliphatic heterocycles. The highest BCUT2D eigenvalue weighted by Gasteiger charge is 2.08. The maximum Gasteiger partial charge on any atom is 0.163 e. The van der Waals surface area contributed by atoms with Crippen LogP contribution in [0.5, 0.6) is 17.2 Å². The molecule has 0 amide bonds. The normalized spacial score (nSPS) is 10.7. The number of anilines is 1. The van der Waals surface area contributed by atoms with Gasteiger partial charge in [-0.3, -0.25) is 0 Å². The number of rotatable bonds is 5. The van der Waals surface area contributed by atoms with Crippen molar-refractivity contribution in [2.24, 2.45) is 0 Å². The number of aryl methyl sites for hydroxylation is 1. The maximum absolute atomic E-state index is 5.91. The second kappa shape index (κ2) is 6.89. The first-order valence-corrected chi connectivity index (χ1v) is 6.93. The lowest BCUT2D eigenvalue weighted by atomic mass is 10.1. The number of methoxy groups -OCH3 is 3. The summed E-state index contributed by atoms with van der Waals surface area (Å²) in [5, 5.41) is 0. The van der Waals surface area contributed by atoms with E-state index in [4.69, 9.17) is 19.9 Å². The molecule has 0 saturated carbocycles. The summed E-state index contributed by atoms with van der Waals surface area (Å²) in [5.74, 6) is 2.16. The second-order valence-corrected chi connectivity index (χ2v) is 4.91. The first-order chi connectivity index (χ1) is 10.6. The maximum atomic E-state index is 5.91. The lowest BCUT2D eigenvalue weighted by molar-refractivity contribution is 0.353. The highest BCUT2D eigenvalue weighted by molar-refractivity contribution is 5.74. The summed E-state index contributed by atoms with van der Waals surface area (Å²) in [6.45, 7) is 1.99. The molecule has 0 aliphatic rings. The molecule has 0 radical (unpaired) electrons. The Hall–Kier alpha value is -2.62. The van der Waals surface area contributed by atoms with Crippen molar-refractivity contribution >= 4 is 17.8 Å². The van der Waals surface area contributed by atoms with Crippen LogP contribution in [0.2, 0.25) is 0 Å². The molecule has 0 bridgehead atoms. The average molecular weight is 299 g/mol. The predicted molar refractivity (Wildman–Crippen MR) is 90.6 cm³/mol. The van der Waals surface area contributed by atoms with E-state index in [-0.39, 0.29) is 0 Å². The zero-order valence-electron chi connectivity index (χ0n) is 13.3. The van der Waals surface area contributed by atoms with Crippen molar-refractivity contribution in [3.63, 3.8) is 0 Å². The second-order valence-electron chi connectivity index (χ2n) is 4.91. The van der Waals surface area contributed by atoms with Gasteiger partial charge in [0.2, 0.25) is 0 Å². The SMILES string of the molecule is COc1ccc(/C=C\c2cc(C)c(OC)c(OC)c2)cc1N. The molecule has 0 spiro atoms. The van der Waals surface area contributed by atoms with Gasteiger partial charge in [0.05, 0.1) is 27.0 Å². The Bertz CT molecular complexity index is 693. The van der Waals surface area contributed by atoms with Crippen LogP contribution in [0, 0.1) is 6.92 Å². The molecule has 0 fully saturated rings. The summed E-state index contributed by atoms with van der Waals surface area (Å²) >= 11 is 0. The van der Waals surface area contributed by atoms with Gasteiger partial charge in [0.25, 0.3) is 0 Å². The smallest absolute Gasteiger partial charge is 0.163 e. The van der Waals surface area contributed by atoms with Crippen molar-refractivity contribution in [3.05, 3.63) is 47.0 Å². The van der Waals surface area contributed by atoms with Crippen molar-refractivity contribution in [1.29, 1.82) is 0 Å². The number of benzene rings is 2. The van der Waals surface area contributed by atoms with Gasteiger partial charge in [-0.25, -0.2) is 0 Å². The van der Waals surface area contributed by atoms with Gasteiger partial charge >= 0.3 is 0 Å². The molecule has 2 N–H and O–H groups in total. The molecule has 22 heavy (non-hydrogen) atoms. The summed E-state index contributed by atoms with van der Waals surface area (Å²) in [7, 11) is 4.88. The predicted octanol–water partition coefficient (Wildman–Crippen LogP) is 3.77. The van der Waals surface area contributed by atoms with Gasteiger partial charge in [-0.1, -0.05) is 18.2 Å². The molecule has 2 aromatic rings. The van der Waals surface area contributed by atoms with Gasteiger partial charge in [-0.2, -0.15) is 0 Å². The van der Waals surface area contributed by atoms with Crippen molar-refractivity contribution in [2.75, 3.05) is 27.1 Å². The number of hydrogen-bond donors (Lipinski definition) is 1. The van der Waals surface area contributed by atoms with Gasteiger partial charge < -0.3 is 19.9 Å². The lowest BCUT2D eigenvalue weighted by Crippen LogP contribution is -1.94. The number of hydrogen-bond acceptors (Lipinski definition) is 4. The van der Waals surface area contributed by atoms with E-state index in [1.807, 2.05) is 49.4 Å². The van der Waals surface area contributed by atoms with Crippen molar-refractivity contribution in [1.82, 2.24) is 0 Å². The molecular weight excluding hydrogens is 278 g/mol.